The predicted molar refractivity (Wildman–Crippen MR) is 101 cm³/mol. The average molecular weight is 349 g/mol. The number of fused-ring (bicyclic) bond motifs is 1. The van der Waals surface area contributed by atoms with Gasteiger partial charge >= 0.3 is 0 Å². The minimum absolute atomic E-state index is 0.0229. The van der Waals surface area contributed by atoms with Crippen LogP contribution >= 0.6 is 0 Å². The third-order valence-electron chi connectivity index (χ3n) is 4.96. The third-order valence-corrected chi connectivity index (χ3v) is 4.96. The maximum absolute atomic E-state index is 12.6. The van der Waals surface area contributed by atoms with Gasteiger partial charge in [0, 0.05) is 25.8 Å². The van der Waals surface area contributed by atoms with Crippen LogP contribution in [-0.2, 0) is 11.3 Å². The van der Waals surface area contributed by atoms with E-state index in [1.165, 1.54) is 5.56 Å². The Morgan fingerprint density at radius 2 is 2.04 bits per heavy atom. The molecule has 1 atom stereocenters. The van der Waals surface area contributed by atoms with Gasteiger partial charge in [0.05, 0.1) is 5.92 Å². The Bertz CT molecular complexity index is 902. The highest BCUT2D eigenvalue weighted by atomic mass is 16.1. The number of nitrogens with zero attached hydrogens (tertiary/aromatic N) is 4. The number of rotatable bonds is 4. The van der Waals surface area contributed by atoms with Crippen molar-refractivity contribution in [1.29, 1.82) is 0 Å². The summed E-state index contributed by atoms with van der Waals surface area (Å²) in [5, 5.41) is 11.6. The molecule has 1 aliphatic heterocycles. The lowest BCUT2D eigenvalue weighted by Gasteiger charge is -2.32. The molecule has 1 amide bonds. The zero-order chi connectivity index (χ0) is 17.9. The second kappa shape index (κ2) is 7.15. The molecule has 0 unspecified atom stereocenters. The van der Waals surface area contributed by atoms with Crippen molar-refractivity contribution in [3.8, 4) is 0 Å². The number of aryl methyl sites for hydroxylation is 1. The molecule has 1 saturated heterocycles. The van der Waals surface area contributed by atoms with Crippen LogP contribution in [-0.4, -0.2) is 33.6 Å². The van der Waals surface area contributed by atoms with Crippen LogP contribution in [0.5, 0.6) is 0 Å². The van der Waals surface area contributed by atoms with Gasteiger partial charge in [-0.2, -0.15) is 0 Å². The number of nitrogens with one attached hydrogen (secondary N) is 1. The first-order valence-electron chi connectivity index (χ1n) is 9.09. The minimum Gasteiger partial charge on any atom is -0.352 e. The summed E-state index contributed by atoms with van der Waals surface area (Å²) >= 11 is 0. The summed E-state index contributed by atoms with van der Waals surface area (Å²) in [5.41, 5.74) is 3.18. The van der Waals surface area contributed by atoms with Crippen LogP contribution in [0.1, 0.15) is 24.0 Å². The molecule has 0 saturated carbocycles. The van der Waals surface area contributed by atoms with Gasteiger partial charge in [0.2, 0.25) is 11.9 Å². The van der Waals surface area contributed by atoms with E-state index in [-0.39, 0.29) is 11.8 Å². The molecule has 0 spiro atoms. The molecule has 134 valence electrons. The Morgan fingerprint density at radius 1 is 1.19 bits per heavy atom. The van der Waals surface area contributed by atoms with Gasteiger partial charge in [0.25, 0.3) is 0 Å². The molecule has 0 aliphatic carbocycles. The van der Waals surface area contributed by atoms with Crippen molar-refractivity contribution in [3.63, 3.8) is 0 Å². The number of aromatic nitrogens is 3. The molecule has 2 aromatic heterocycles. The van der Waals surface area contributed by atoms with Crippen molar-refractivity contribution in [2.75, 3.05) is 18.0 Å². The summed E-state index contributed by atoms with van der Waals surface area (Å²) in [6, 6.07) is 14.1. The lowest BCUT2D eigenvalue weighted by atomic mass is 9.97. The predicted octanol–water partition coefficient (Wildman–Crippen LogP) is 2.57. The number of hydrogen-bond donors (Lipinski definition) is 1. The summed E-state index contributed by atoms with van der Waals surface area (Å²) < 4.78 is 1.98. The highest BCUT2D eigenvalue weighted by Gasteiger charge is 2.27. The van der Waals surface area contributed by atoms with Crippen LogP contribution in [0.3, 0.4) is 0 Å². The molecule has 1 fully saturated rings. The summed E-state index contributed by atoms with van der Waals surface area (Å²) in [7, 11) is 0. The average Bonchev–Trinajstić information content (AvgIpc) is 3.11. The van der Waals surface area contributed by atoms with Crippen molar-refractivity contribution in [2.24, 2.45) is 5.92 Å². The summed E-state index contributed by atoms with van der Waals surface area (Å²) in [6.07, 6.45) is 3.85. The van der Waals surface area contributed by atoms with Gasteiger partial charge < -0.3 is 10.2 Å². The summed E-state index contributed by atoms with van der Waals surface area (Å²) in [6.45, 7) is 4.21. The van der Waals surface area contributed by atoms with Gasteiger partial charge in [-0.05, 0) is 37.5 Å². The minimum atomic E-state index is -0.0229. The lowest BCUT2D eigenvalue weighted by Crippen LogP contribution is -2.43. The standard InChI is InChI=1S/C20H23N5O/c1-15-7-9-16(10-8-15)13-21-19(26)17-5-4-11-24(14-17)20-23-22-18-6-2-3-12-25(18)20/h2-3,6-10,12,17H,4-5,11,13-14H2,1H3,(H,21,26)/t17-/m1/s1. The Hall–Kier alpha value is -2.89. The molecule has 6 heteroatoms. The first-order valence-corrected chi connectivity index (χ1v) is 9.09. The number of anilines is 1. The SMILES string of the molecule is Cc1ccc(CNC(=O)[C@@H]2CCCN(c3nnc4ccccn34)C2)cc1. The zero-order valence-electron chi connectivity index (χ0n) is 14.9. The molecule has 6 nitrogen and oxygen atoms in total. The molecule has 1 N–H and O–H groups in total. The highest BCUT2D eigenvalue weighted by Crippen LogP contribution is 2.22. The van der Waals surface area contributed by atoms with Gasteiger partial charge in [-0.15, -0.1) is 10.2 Å². The molecule has 1 aliphatic rings. The van der Waals surface area contributed by atoms with Gasteiger partial charge in [-0.3, -0.25) is 9.20 Å². The number of carbonyl (C=O) groups is 1. The van der Waals surface area contributed by atoms with Crippen molar-refractivity contribution in [3.05, 3.63) is 59.8 Å². The zero-order valence-corrected chi connectivity index (χ0v) is 14.9. The maximum atomic E-state index is 12.6. The smallest absolute Gasteiger partial charge is 0.231 e. The summed E-state index contributed by atoms with van der Waals surface area (Å²) in [5.74, 6) is 0.908. The van der Waals surface area contributed by atoms with Crippen LogP contribution in [0, 0.1) is 12.8 Å². The molecular formula is C20H23N5O. The van der Waals surface area contributed by atoms with Gasteiger partial charge in [0.1, 0.15) is 0 Å². The molecule has 0 bridgehead atoms. The number of amides is 1. The number of carbonyl (C=O) groups excluding carboxylic acids is 1. The van der Waals surface area contributed by atoms with Crippen LogP contribution in [0.25, 0.3) is 5.65 Å². The molecular weight excluding hydrogens is 326 g/mol. The molecule has 26 heavy (non-hydrogen) atoms. The van der Waals surface area contributed by atoms with E-state index in [0.717, 1.165) is 36.5 Å². The third kappa shape index (κ3) is 3.40. The number of hydrogen-bond acceptors (Lipinski definition) is 4. The number of pyridine rings is 1. The number of benzene rings is 1. The Morgan fingerprint density at radius 3 is 2.88 bits per heavy atom. The number of piperidine rings is 1. The van der Waals surface area contributed by atoms with E-state index in [0.29, 0.717) is 13.1 Å². The molecule has 4 rings (SSSR count). The quantitative estimate of drug-likeness (QED) is 0.786. The van der Waals surface area contributed by atoms with Gasteiger partial charge in [-0.1, -0.05) is 35.9 Å². The maximum Gasteiger partial charge on any atom is 0.231 e. The first kappa shape index (κ1) is 16.6. The van der Waals surface area contributed by atoms with Crippen LogP contribution in [0.2, 0.25) is 0 Å². The van der Waals surface area contributed by atoms with Gasteiger partial charge in [0.15, 0.2) is 5.65 Å². The van der Waals surface area contributed by atoms with Crippen molar-refractivity contribution >= 4 is 17.5 Å². The van der Waals surface area contributed by atoms with E-state index < -0.39 is 0 Å². The van der Waals surface area contributed by atoms with E-state index in [4.69, 9.17) is 0 Å². The largest absolute Gasteiger partial charge is 0.352 e. The van der Waals surface area contributed by atoms with E-state index in [9.17, 15) is 4.79 Å². The molecule has 3 aromatic rings. The Balaban J connectivity index is 1.41. The summed E-state index contributed by atoms with van der Waals surface area (Å²) in [4.78, 5) is 14.8. The lowest BCUT2D eigenvalue weighted by molar-refractivity contribution is -0.125. The topological polar surface area (TPSA) is 62.5 Å². The van der Waals surface area contributed by atoms with Crippen LogP contribution < -0.4 is 10.2 Å². The normalized spacial score (nSPS) is 17.4. The highest BCUT2D eigenvalue weighted by molar-refractivity contribution is 5.79. The van der Waals surface area contributed by atoms with Crippen LogP contribution in [0.15, 0.2) is 48.7 Å². The fraction of sp³-hybridized carbons (Fsp3) is 0.350. The second-order valence-corrected chi connectivity index (χ2v) is 6.92. The fourth-order valence-corrected chi connectivity index (χ4v) is 3.46. The van der Waals surface area contributed by atoms with E-state index in [1.54, 1.807) is 0 Å². The Labute approximate surface area is 152 Å². The second-order valence-electron chi connectivity index (χ2n) is 6.92. The van der Waals surface area contributed by atoms with Crippen molar-refractivity contribution in [2.45, 2.75) is 26.3 Å². The van der Waals surface area contributed by atoms with E-state index in [2.05, 4.69) is 51.6 Å². The molecule has 1 aromatic carbocycles. The van der Waals surface area contributed by atoms with Crippen LogP contribution in [0.4, 0.5) is 5.95 Å². The van der Waals surface area contributed by atoms with E-state index >= 15 is 0 Å². The van der Waals surface area contributed by atoms with Gasteiger partial charge in [-0.25, -0.2) is 0 Å². The molecule has 0 radical (unpaired) electrons. The Kier molecular flexibility index (Phi) is 4.56. The molecule has 3 heterocycles. The fourth-order valence-electron chi connectivity index (χ4n) is 3.46. The first-order chi connectivity index (χ1) is 12.7. The van der Waals surface area contributed by atoms with Crippen molar-refractivity contribution in [1.82, 2.24) is 19.9 Å². The van der Waals surface area contributed by atoms with Crippen molar-refractivity contribution < 1.29 is 4.79 Å². The van der Waals surface area contributed by atoms with E-state index in [1.807, 2.05) is 28.8 Å². The monoisotopic (exact) mass is 349 g/mol.